The van der Waals surface area contributed by atoms with Gasteiger partial charge in [-0.2, -0.15) is 5.26 Å². The Morgan fingerprint density at radius 1 is 1.14 bits per heavy atom. The highest BCUT2D eigenvalue weighted by atomic mass is 16.5. The molecule has 0 saturated heterocycles. The van der Waals surface area contributed by atoms with E-state index < -0.39 is 0 Å². The molecule has 0 heterocycles. The van der Waals surface area contributed by atoms with E-state index in [4.69, 9.17) is 10.00 Å². The fourth-order valence-electron chi connectivity index (χ4n) is 1.97. The molecule has 0 aliphatic carbocycles. The maximum atomic E-state index is 11.6. The largest absolute Gasteiger partial charge is 0.462 e. The van der Waals surface area contributed by atoms with Gasteiger partial charge in [-0.05, 0) is 47.9 Å². The lowest BCUT2D eigenvalue weighted by Gasteiger charge is -2.08. The molecule has 0 amide bonds. The van der Waals surface area contributed by atoms with Crippen LogP contribution >= 0.6 is 0 Å². The minimum absolute atomic E-state index is 0.332. The highest BCUT2D eigenvalue weighted by molar-refractivity contribution is 5.90. The van der Waals surface area contributed by atoms with Crippen LogP contribution in [0.25, 0.3) is 5.57 Å². The van der Waals surface area contributed by atoms with Crippen LogP contribution in [0.15, 0.2) is 55.1 Å². The molecule has 0 aliphatic rings. The van der Waals surface area contributed by atoms with Crippen molar-refractivity contribution in [1.29, 1.82) is 5.26 Å². The molecular formula is C18H15NO2. The van der Waals surface area contributed by atoms with E-state index in [-0.39, 0.29) is 5.97 Å². The predicted octanol–water partition coefficient (Wildman–Crippen LogP) is 3.80. The summed E-state index contributed by atoms with van der Waals surface area (Å²) in [5.74, 6) is -0.332. The maximum Gasteiger partial charge on any atom is 0.338 e. The Kier molecular flexibility index (Phi) is 4.53. The first-order chi connectivity index (χ1) is 10.2. The van der Waals surface area contributed by atoms with Gasteiger partial charge in [-0.1, -0.05) is 30.8 Å². The molecule has 2 aromatic rings. The third-order valence-electron chi connectivity index (χ3n) is 3.08. The minimum atomic E-state index is -0.332. The molecule has 0 N–H and O–H groups in total. The van der Waals surface area contributed by atoms with Crippen molar-refractivity contribution >= 4 is 11.5 Å². The summed E-state index contributed by atoms with van der Waals surface area (Å²) in [6.45, 7) is 6.19. The van der Waals surface area contributed by atoms with E-state index in [1.807, 2.05) is 24.3 Å². The third-order valence-corrected chi connectivity index (χ3v) is 3.08. The standard InChI is InChI=1S/C18H15NO2/c1-3-21-18(20)16-9-7-15(8-10-16)13(2)17-6-4-5-14(11-17)12-19/h4-11H,2-3H2,1H3. The van der Waals surface area contributed by atoms with E-state index in [2.05, 4.69) is 12.6 Å². The summed E-state index contributed by atoms with van der Waals surface area (Å²) in [4.78, 5) is 11.6. The highest BCUT2D eigenvalue weighted by Gasteiger charge is 2.08. The Labute approximate surface area is 124 Å². The van der Waals surface area contributed by atoms with Gasteiger partial charge >= 0.3 is 5.97 Å². The molecule has 0 aliphatic heterocycles. The van der Waals surface area contributed by atoms with Gasteiger partial charge in [0.2, 0.25) is 0 Å². The molecule has 0 atom stereocenters. The lowest BCUT2D eigenvalue weighted by Crippen LogP contribution is -2.04. The number of esters is 1. The van der Waals surface area contributed by atoms with Crippen LogP contribution in [0.4, 0.5) is 0 Å². The van der Waals surface area contributed by atoms with E-state index in [9.17, 15) is 4.79 Å². The van der Waals surface area contributed by atoms with Crippen LogP contribution in [0.3, 0.4) is 0 Å². The second-order valence-corrected chi connectivity index (χ2v) is 4.47. The third kappa shape index (κ3) is 3.37. The van der Waals surface area contributed by atoms with Crippen LogP contribution in [0.1, 0.15) is 34.0 Å². The van der Waals surface area contributed by atoms with Crippen molar-refractivity contribution in [3.05, 3.63) is 77.4 Å². The number of nitriles is 1. The predicted molar refractivity (Wildman–Crippen MR) is 81.7 cm³/mol. The summed E-state index contributed by atoms with van der Waals surface area (Å²) in [5, 5.41) is 8.93. The summed E-state index contributed by atoms with van der Waals surface area (Å²) in [5.41, 5.74) is 3.70. The molecule has 0 bridgehead atoms. The maximum absolute atomic E-state index is 11.6. The van der Waals surface area contributed by atoms with E-state index in [0.29, 0.717) is 17.7 Å². The Hall–Kier alpha value is -2.86. The van der Waals surface area contributed by atoms with Crippen molar-refractivity contribution in [2.45, 2.75) is 6.92 Å². The lowest BCUT2D eigenvalue weighted by atomic mass is 9.97. The molecule has 0 radical (unpaired) electrons. The number of ether oxygens (including phenoxy) is 1. The van der Waals surface area contributed by atoms with Crippen LogP contribution in [0, 0.1) is 11.3 Å². The minimum Gasteiger partial charge on any atom is -0.462 e. The average molecular weight is 277 g/mol. The Bertz CT molecular complexity index is 709. The van der Waals surface area contributed by atoms with Crippen LogP contribution in [0.5, 0.6) is 0 Å². The van der Waals surface area contributed by atoms with Crippen molar-refractivity contribution in [2.75, 3.05) is 6.61 Å². The Morgan fingerprint density at radius 2 is 1.81 bits per heavy atom. The van der Waals surface area contributed by atoms with Gasteiger partial charge in [-0.25, -0.2) is 4.79 Å². The van der Waals surface area contributed by atoms with Crippen molar-refractivity contribution in [1.82, 2.24) is 0 Å². The van der Waals surface area contributed by atoms with Crippen LogP contribution in [-0.2, 0) is 4.74 Å². The van der Waals surface area contributed by atoms with Crippen molar-refractivity contribution in [3.63, 3.8) is 0 Å². The zero-order valence-corrected chi connectivity index (χ0v) is 11.8. The molecule has 104 valence electrons. The van der Waals surface area contributed by atoms with Crippen LogP contribution < -0.4 is 0 Å². The smallest absolute Gasteiger partial charge is 0.338 e. The molecule has 21 heavy (non-hydrogen) atoms. The molecule has 0 saturated carbocycles. The molecule has 0 unspecified atom stereocenters. The summed E-state index contributed by atoms with van der Waals surface area (Å²) >= 11 is 0. The SMILES string of the molecule is C=C(c1ccc(C(=O)OCC)cc1)c1cccc(C#N)c1. The molecule has 2 rings (SSSR count). The topological polar surface area (TPSA) is 50.1 Å². The molecule has 2 aromatic carbocycles. The first-order valence-corrected chi connectivity index (χ1v) is 6.62. The van der Waals surface area contributed by atoms with Gasteiger partial charge in [0, 0.05) is 0 Å². The zero-order chi connectivity index (χ0) is 15.2. The molecule has 0 fully saturated rings. The molecule has 3 heteroatoms. The van der Waals surface area contributed by atoms with E-state index >= 15 is 0 Å². The normalized spacial score (nSPS) is 9.71. The van der Waals surface area contributed by atoms with Crippen molar-refractivity contribution in [2.24, 2.45) is 0 Å². The first-order valence-electron chi connectivity index (χ1n) is 6.62. The second-order valence-electron chi connectivity index (χ2n) is 4.47. The Balaban J connectivity index is 2.24. The van der Waals surface area contributed by atoms with E-state index in [1.165, 1.54) is 0 Å². The number of hydrogen-bond donors (Lipinski definition) is 0. The highest BCUT2D eigenvalue weighted by Crippen LogP contribution is 2.22. The molecule has 0 aromatic heterocycles. The van der Waals surface area contributed by atoms with E-state index in [0.717, 1.165) is 16.7 Å². The van der Waals surface area contributed by atoms with Gasteiger partial charge in [-0.3, -0.25) is 0 Å². The summed E-state index contributed by atoms with van der Waals surface area (Å²) in [6, 6.07) is 16.5. The quantitative estimate of drug-likeness (QED) is 0.799. The lowest BCUT2D eigenvalue weighted by molar-refractivity contribution is 0.0526. The monoisotopic (exact) mass is 277 g/mol. The fourth-order valence-corrected chi connectivity index (χ4v) is 1.97. The van der Waals surface area contributed by atoms with Gasteiger partial charge in [0.05, 0.1) is 23.8 Å². The summed E-state index contributed by atoms with van der Waals surface area (Å²) in [7, 11) is 0. The van der Waals surface area contributed by atoms with Crippen molar-refractivity contribution in [3.8, 4) is 6.07 Å². The Morgan fingerprint density at radius 3 is 2.43 bits per heavy atom. The number of nitrogens with zero attached hydrogens (tertiary/aromatic N) is 1. The number of carbonyl (C=O) groups is 1. The summed E-state index contributed by atoms with van der Waals surface area (Å²) in [6.07, 6.45) is 0. The van der Waals surface area contributed by atoms with Crippen LogP contribution in [0.2, 0.25) is 0 Å². The van der Waals surface area contributed by atoms with Gasteiger partial charge in [0.15, 0.2) is 0 Å². The summed E-state index contributed by atoms with van der Waals surface area (Å²) < 4.78 is 4.95. The van der Waals surface area contributed by atoms with Crippen LogP contribution in [-0.4, -0.2) is 12.6 Å². The molecule has 0 spiro atoms. The van der Waals surface area contributed by atoms with Gasteiger partial charge in [-0.15, -0.1) is 0 Å². The fraction of sp³-hybridized carbons (Fsp3) is 0.111. The number of benzene rings is 2. The second kappa shape index (κ2) is 6.53. The number of carbonyl (C=O) groups excluding carboxylic acids is 1. The first kappa shape index (κ1) is 14.5. The zero-order valence-electron chi connectivity index (χ0n) is 11.8. The van der Waals surface area contributed by atoms with Crippen molar-refractivity contribution < 1.29 is 9.53 Å². The van der Waals surface area contributed by atoms with Gasteiger partial charge in [0.1, 0.15) is 0 Å². The molecule has 3 nitrogen and oxygen atoms in total. The van der Waals surface area contributed by atoms with Gasteiger partial charge in [0.25, 0.3) is 0 Å². The van der Waals surface area contributed by atoms with Gasteiger partial charge < -0.3 is 4.74 Å². The molecular weight excluding hydrogens is 262 g/mol. The number of rotatable bonds is 4. The van der Waals surface area contributed by atoms with E-state index in [1.54, 1.807) is 31.2 Å². The number of hydrogen-bond acceptors (Lipinski definition) is 3. The average Bonchev–Trinajstić information content (AvgIpc) is 2.54.